The highest BCUT2D eigenvalue weighted by atomic mass is 15.3. The van der Waals surface area contributed by atoms with Gasteiger partial charge in [0.05, 0.1) is 5.54 Å². The number of anilines is 2. The first-order chi connectivity index (χ1) is 18.2. The molecule has 1 nitrogen and oxygen atoms in total. The number of hydrogen-bond acceptors (Lipinski definition) is 1. The van der Waals surface area contributed by atoms with Gasteiger partial charge in [0.15, 0.2) is 0 Å². The van der Waals surface area contributed by atoms with Crippen LogP contribution in [0, 0.1) is 13.8 Å². The molecule has 2 unspecified atom stereocenters. The van der Waals surface area contributed by atoms with Crippen LogP contribution in [0.2, 0.25) is 0 Å². The molecule has 0 radical (unpaired) electrons. The molecule has 0 N–H and O–H groups in total. The third-order valence-corrected chi connectivity index (χ3v) is 10.7. The second-order valence-electron chi connectivity index (χ2n) is 13.0. The van der Waals surface area contributed by atoms with Crippen LogP contribution in [0.1, 0.15) is 81.2 Å². The molecule has 0 spiro atoms. The van der Waals surface area contributed by atoms with E-state index in [0.29, 0.717) is 0 Å². The summed E-state index contributed by atoms with van der Waals surface area (Å²) in [5.74, 6) is 0. The predicted octanol–water partition coefficient (Wildman–Crippen LogP) is 10.0. The molecule has 7 rings (SSSR count). The van der Waals surface area contributed by atoms with Crippen LogP contribution < -0.4 is 4.90 Å². The number of hydrogen-bond donors (Lipinski definition) is 0. The van der Waals surface area contributed by atoms with Gasteiger partial charge in [-0.2, -0.15) is 0 Å². The van der Waals surface area contributed by atoms with Gasteiger partial charge in [-0.3, -0.25) is 0 Å². The summed E-state index contributed by atoms with van der Waals surface area (Å²) < 4.78 is 0. The number of aryl methyl sites for hydroxylation is 1. The second kappa shape index (κ2) is 7.85. The van der Waals surface area contributed by atoms with E-state index < -0.39 is 0 Å². The molecule has 3 aliphatic rings. The summed E-state index contributed by atoms with van der Waals surface area (Å²) in [6, 6.07) is 29.8. The Morgan fingerprint density at radius 2 is 1.34 bits per heavy atom. The Balaban J connectivity index is 1.45. The highest BCUT2D eigenvalue weighted by molar-refractivity contribution is 5.88. The van der Waals surface area contributed by atoms with Gasteiger partial charge in [0, 0.05) is 22.2 Å². The molecule has 4 aromatic carbocycles. The number of para-hydroxylation sites is 1. The molecule has 1 heteroatoms. The minimum atomic E-state index is 0.0135. The Morgan fingerprint density at radius 1 is 0.658 bits per heavy atom. The Hall–Kier alpha value is -3.32. The van der Waals surface area contributed by atoms with Crippen molar-refractivity contribution >= 4 is 11.4 Å². The molecular formula is C37H39N. The van der Waals surface area contributed by atoms with Crippen molar-refractivity contribution in [2.24, 2.45) is 0 Å². The molecule has 38 heavy (non-hydrogen) atoms. The lowest BCUT2D eigenvalue weighted by atomic mass is 9.60. The highest BCUT2D eigenvalue weighted by Crippen LogP contribution is 2.63. The van der Waals surface area contributed by atoms with Gasteiger partial charge in [-0.1, -0.05) is 88.2 Å². The summed E-state index contributed by atoms with van der Waals surface area (Å²) in [4.78, 5) is 2.72. The summed E-state index contributed by atoms with van der Waals surface area (Å²) >= 11 is 0. The van der Waals surface area contributed by atoms with Gasteiger partial charge in [0.2, 0.25) is 0 Å². The molecule has 0 saturated heterocycles. The smallest absolute Gasteiger partial charge is 0.0518 e. The van der Waals surface area contributed by atoms with Crippen LogP contribution in [0.4, 0.5) is 11.4 Å². The van der Waals surface area contributed by atoms with Crippen molar-refractivity contribution in [2.75, 3.05) is 4.90 Å². The van der Waals surface area contributed by atoms with Gasteiger partial charge in [0.25, 0.3) is 0 Å². The molecule has 4 aromatic rings. The quantitative estimate of drug-likeness (QED) is 0.266. The summed E-state index contributed by atoms with van der Waals surface area (Å²) in [6.07, 6.45) is 5.08. The molecule has 0 aromatic heterocycles. The molecule has 2 atom stereocenters. The Labute approximate surface area is 228 Å². The lowest BCUT2D eigenvalue weighted by Gasteiger charge is -2.50. The second-order valence-corrected chi connectivity index (χ2v) is 13.0. The normalized spacial score (nSPS) is 24.5. The first kappa shape index (κ1) is 23.8. The largest absolute Gasteiger partial charge is 0.334 e. The lowest BCUT2D eigenvalue weighted by Crippen LogP contribution is -2.54. The van der Waals surface area contributed by atoms with E-state index in [1.807, 2.05) is 0 Å². The van der Waals surface area contributed by atoms with E-state index in [0.717, 1.165) is 0 Å². The van der Waals surface area contributed by atoms with E-state index in [-0.39, 0.29) is 16.4 Å². The third-order valence-electron chi connectivity index (χ3n) is 10.7. The molecule has 1 fully saturated rings. The summed E-state index contributed by atoms with van der Waals surface area (Å²) in [5, 5.41) is 0. The molecule has 1 heterocycles. The molecule has 1 saturated carbocycles. The van der Waals surface area contributed by atoms with E-state index in [4.69, 9.17) is 0 Å². The van der Waals surface area contributed by atoms with E-state index in [2.05, 4.69) is 125 Å². The maximum Gasteiger partial charge on any atom is 0.0518 e. The van der Waals surface area contributed by atoms with Crippen molar-refractivity contribution in [1.29, 1.82) is 0 Å². The third kappa shape index (κ3) is 2.88. The van der Waals surface area contributed by atoms with Gasteiger partial charge < -0.3 is 4.90 Å². The van der Waals surface area contributed by atoms with E-state index in [9.17, 15) is 0 Å². The minimum absolute atomic E-state index is 0.0135. The Bertz CT molecular complexity index is 1590. The molecule has 0 bridgehead atoms. The summed E-state index contributed by atoms with van der Waals surface area (Å²) in [7, 11) is 0. The van der Waals surface area contributed by atoms with E-state index in [1.54, 1.807) is 5.56 Å². The Morgan fingerprint density at radius 3 is 2.13 bits per heavy atom. The van der Waals surface area contributed by atoms with Gasteiger partial charge in [-0.25, -0.2) is 0 Å². The standard InChI is InChI=1S/C37H39N/c1-24-22-30(26-18-19-29-28-16-10-11-17-31(28)35(3,4)32(29)23-26)25(2)33-34(24)38(27-14-8-7-9-15-27)37(6)21-13-12-20-36(33,37)5/h7-11,14-19,22-23H,12-13,20-21H2,1-6H3. The number of rotatable bonds is 2. The van der Waals surface area contributed by atoms with Crippen LogP contribution in [0.3, 0.4) is 0 Å². The predicted molar refractivity (Wildman–Crippen MR) is 162 cm³/mol. The first-order valence-electron chi connectivity index (χ1n) is 14.4. The van der Waals surface area contributed by atoms with Crippen LogP contribution in [0.15, 0.2) is 78.9 Å². The number of benzene rings is 4. The molecule has 1 aliphatic heterocycles. The Kier molecular flexibility index (Phi) is 4.91. The van der Waals surface area contributed by atoms with Crippen LogP contribution in [0.5, 0.6) is 0 Å². The van der Waals surface area contributed by atoms with E-state index in [1.165, 1.54) is 81.6 Å². The van der Waals surface area contributed by atoms with Crippen molar-refractivity contribution in [2.45, 2.75) is 83.6 Å². The SMILES string of the molecule is Cc1cc(-c2ccc3c(c2)C(C)(C)c2ccccc2-3)c(C)c2c1N(c1ccccc1)C1(C)CCCCC21C. The van der Waals surface area contributed by atoms with Crippen molar-refractivity contribution in [3.8, 4) is 22.3 Å². The molecular weight excluding hydrogens is 458 g/mol. The zero-order valence-electron chi connectivity index (χ0n) is 23.8. The molecule has 192 valence electrons. The fourth-order valence-electron chi connectivity index (χ4n) is 8.52. The molecule has 2 aliphatic carbocycles. The average Bonchev–Trinajstić information content (AvgIpc) is 3.29. The first-order valence-corrected chi connectivity index (χ1v) is 14.4. The van der Waals surface area contributed by atoms with Crippen molar-refractivity contribution < 1.29 is 0 Å². The van der Waals surface area contributed by atoms with Crippen molar-refractivity contribution in [3.05, 3.63) is 107 Å². The maximum atomic E-state index is 2.72. The van der Waals surface area contributed by atoms with Gasteiger partial charge in [-0.05, 0) is 108 Å². The number of nitrogens with zero attached hydrogens (tertiary/aromatic N) is 1. The highest BCUT2D eigenvalue weighted by Gasteiger charge is 2.58. The molecule has 0 amide bonds. The van der Waals surface area contributed by atoms with Crippen LogP contribution in [-0.4, -0.2) is 5.54 Å². The number of fused-ring (bicyclic) bond motifs is 6. The monoisotopic (exact) mass is 497 g/mol. The van der Waals surface area contributed by atoms with Crippen LogP contribution >= 0.6 is 0 Å². The lowest BCUT2D eigenvalue weighted by molar-refractivity contribution is 0.194. The minimum Gasteiger partial charge on any atom is -0.334 e. The van der Waals surface area contributed by atoms with Gasteiger partial charge in [-0.15, -0.1) is 0 Å². The topological polar surface area (TPSA) is 3.24 Å². The maximum absolute atomic E-state index is 2.72. The van der Waals surface area contributed by atoms with E-state index >= 15 is 0 Å². The summed E-state index contributed by atoms with van der Waals surface area (Å²) in [6.45, 7) is 14.6. The fraction of sp³-hybridized carbons (Fsp3) is 0.351. The van der Waals surface area contributed by atoms with Crippen LogP contribution in [0.25, 0.3) is 22.3 Å². The average molecular weight is 498 g/mol. The fourth-order valence-corrected chi connectivity index (χ4v) is 8.52. The van der Waals surface area contributed by atoms with Gasteiger partial charge >= 0.3 is 0 Å². The zero-order chi connectivity index (χ0) is 26.4. The van der Waals surface area contributed by atoms with Crippen LogP contribution in [-0.2, 0) is 10.8 Å². The van der Waals surface area contributed by atoms with Gasteiger partial charge in [0.1, 0.15) is 0 Å². The van der Waals surface area contributed by atoms with Crippen molar-refractivity contribution in [3.63, 3.8) is 0 Å². The van der Waals surface area contributed by atoms with Crippen molar-refractivity contribution in [1.82, 2.24) is 0 Å². The summed E-state index contributed by atoms with van der Waals surface area (Å²) in [5.41, 5.74) is 15.9. The zero-order valence-corrected chi connectivity index (χ0v) is 23.8.